The lowest BCUT2D eigenvalue weighted by Gasteiger charge is -2.24. The summed E-state index contributed by atoms with van der Waals surface area (Å²) in [5.74, 6) is -0.285. The van der Waals surface area contributed by atoms with Crippen molar-refractivity contribution in [2.45, 2.75) is 25.1 Å². The Morgan fingerprint density at radius 1 is 1.21 bits per heavy atom. The lowest BCUT2D eigenvalue weighted by Crippen LogP contribution is -2.33. The van der Waals surface area contributed by atoms with Crippen molar-refractivity contribution >= 4 is 28.3 Å². The lowest BCUT2D eigenvalue weighted by atomic mass is 10.2. The number of halogens is 2. The molecular weight excluding hydrogens is 449 g/mol. The van der Waals surface area contributed by atoms with Gasteiger partial charge in [0.15, 0.2) is 5.82 Å². The van der Waals surface area contributed by atoms with E-state index >= 15 is 0 Å². The zero-order valence-corrected chi connectivity index (χ0v) is 18.2. The monoisotopic (exact) mass is 469 g/mol. The highest BCUT2D eigenvalue weighted by molar-refractivity contribution is 6.31. The zero-order chi connectivity index (χ0) is 23.1. The number of anilines is 1. The highest BCUT2D eigenvalue weighted by atomic mass is 35.5. The van der Waals surface area contributed by atoms with Crippen LogP contribution in [0.15, 0.2) is 59.8 Å². The van der Waals surface area contributed by atoms with E-state index in [1.165, 1.54) is 23.0 Å². The van der Waals surface area contributed by atoms with E-state index in [0.717, 1.165) is 11.8 Å². The molecule has 1 fully saturated rings. The summed E-state index contributed by atoms with van der Waals surface area (Å²) in [6.45, 7) is 0.494. The van der Waals surface area contributed by atoms with Gasteiger partial charge in [-0.15, -0.1) is 0 Å². The van der Waals surface area contributed by atoms with E-state index in [0.29, 0.717) is 34.7 Å². The van der Waals surface area contributed by atoms with Crippen LogP contribution in [0, 0.1) is 5.82 Å². The molecule has 1 aliphatic heterocycles. The molecule has 0 saturated carbocycles. The third-order valence-corrected chi connectivity index (χ3v) is 6.34. The van der Waals surface area contributed by atoms with E-state index in [1.54, 1.807) is 21.7 Å². The molecule has 0 aliphatic carbocycles. The number of pyridine rings is 2. The molecule has 170 valence electrons. The number of benzene rings is 1. The standard InChI is InChI=1S/C23H21ClFN5O3/c24-18-4-2-1-3-14(18)11-30-20-5-6-28(23(33)17(20)9-27-30)21-8-22(26-10-19(21)25)29-12-16(32)7-15(29)13-31/h1-6,8-10,15-16,31-32H,7,11-13H2/t15-,16-/m0/s1. The number of nitrogens with zero attached hydrogens (tertiary/aromatic N) is 5. The molecule has 2 N–H and O–H groups in total. The van der Waals surface area contributed by atoms with Crippen molar-refractivity contribution in [1.29, 1.82) is 0 Å². The Balaban J connectivity index is 1.54. The molecular formula is C23H21ClFN5O3. The first kappa shape index (κ1) is 21.6. The van der Waals surface area contributed by atoms with E-state index in [2.05, 4.69) is 10.1 Å². The molecule has 1 aromatic carbocycles. The molecule has 4 heterocycles. The normalized spacial score (nSPS) is 18.4. The quantitative estimate of drug-likeness (QED) is 0.466. The number of hydrogen-bond donors (Lipinski definition) is 2. The second-order valence-corrected chi connectivity index (χ2v) is 8.46. The van der Waals surface area contributed by atoms with Gasteiger partial charge in [0.2, 0.25) is 0 Å². The minimum Gasteiger partial charge on any atom is -0.394 e. The fourth-order valence-electron chi connectivity index (χ4n) is 4.29. The molecule has 0 amide bonds. The Labute approximate surface area is 193 Å². The molecule has 3 aromatic heterocycles. The summed E-state index contributed by atoms with van der Waals surface area (Å²) >= 11 is 6.25. The fourth-order valence-corrected chi connectivity index (χ4v) is 4.48. The average molecular weight is 470 g/mol. The molecule has 10 heteroatoms. The van der Waals surface area contributed by atoms with Crippen molar-refractivity contribution < 1.29 is 14.6 Å². The van der Waals surface area contributed by atoms with Gasteiger partial charge in [0.25, 0.3) is 5.56 Å². The number of aliphatic hydroxyl groups excluding tert-OH is 2. The highest BCUT2D eigenvalue weighted by Crippen LogP contribution is 2.27. The van der Waals surface area contributed by atoms with E-state index in [9.17, 15) is 19.4 Å². The second kappa shape index (κ2) is 8.58. The van der Waals surface area contributed by atoms with Gasteiger partial charge in [-0.3, -0.25) is 14.0 Å². The van der Waals surface area contributed by atoms with Crippen LogP contribution < -0.4 is 10.5 Å². The Bertz CT molecular complexity index is 1390. The summed E-state index contributed by atoms with van der Waals surface area (Å²) < 4.78 is 17.6. The number of aromatic nitrogens is 4. The lowest BCUT2D eigenvalue weighted by molar-refractivity contribution is 0.184. The van der Waals surface area contributed by atoms with Gasteiger partial charge >= 0.3 is 0 Å². The molecule has 33 heavy (non-hydrogen) atoms. The summed E-state index contributed by atoms with van der Waals surface area (Å²) in [6.07, 6.45) is 3.78. The first-order valence-corrected chi connectivity index (χ1v) is 10.9. The molecule has 0 spiro atoms. The Kier molecular flexibility index (Phi) is 5.61. The number of aliphatic hydroxyl groups is 2. The van der Waals surface area contributed by atoms with Crippen LogP contribution in [-0.4, -0.2) is 54.8 Å². The summed E-state index contributed by atoms with van der Waals surface area (Å²) in [5, 5.41) is 24.9. The van der Waals surface area contributed by atoms with Crippen LogP contribution in [0.5, 0.6) is 0 Å². The molecule has 1 aliphatic rings. The maximum atomic E-state index is 14.7. The van der Waals surface area contributed by atoms with Crippen molar-refractivity contribution in [2.24, 2.45) is 0 Å². The zero-order valence-electron chi connectivity index (χ0n) is 17.5. The van der Waals surface area contributed by atoms with Crippen molar-refractivity contribution in [3.63, 3.8) is 0 Å². The van der Waals surface area contributed by atoms with E-state index in [-0.39, 0.29) is 24.9 Å². The molecule has 0 radical (unpaired) electrons. The van der Waals surface area contributed by atoms with Crippen molar-refractivity contribution in [2.75, 3.05) is 18.1 Å². The largest absolute Gasteiger partial charge is 0.394 e. The minimum atomic E-state index is -0.663. The summed E-state index contributed by atoms with van der Waals surface area (Å²) in [6, 6.07) is 10.2. The molecule has 5 rings (SSSR count). The van der Waals surface area contributed by atoms with Gasteiger partial charge in [-0.1, -0.05) is 29.8 Å². The number of rotatable bonds is 5. The maximum Gasteiger partial charge on any atom is 0.266 e. The van der Waals surface area contributed by atoms with Crippen LogP contribution in [0.2, 0.25) is 5.02 Å². The van der Waals surface area contributed by atoms with Crippen molar-refractivity contribution in [3.8, 4) is 5.69 Å². The molecule has 4 aromatic rings. The summed E-state index contributed by atoms with van der Waals surface area (Å²) in [4.78, 5) is 19.1. The maximum absolute atomic E-state index is 14.7. The average Bonchev–Trinajstić information content (AvgIpc) is 3.40. The van der Waals surface area contributed by atoms with Crippen LogP contribution in [0.4, 0.5) is 10.2 Å². The van der Waals surface area contributed by atoms with E-state index < -0.39 is 17.5 Å². The van der Waals surface area contributed by atoms with Gasteiger partial charge in [-0.25, -0.2) is 9.37 Å². The third-order valence-electron chi connectivity index (χ3n) is 5.97. The first-order chi connectivity index (χ1) is 16.0. The van der Waals surface area contributed by atoms with Gasteiger partial charge in [-0.05, 0) is 24.1 Å². The molecule has 0 unspecified atom stereocenters. The number of hydrogen-bond acceptors (Lipinski definition) is 6. The molecule has 0 bridgehead atoms. The minimum absolute atomic E-state index is 0.0313. The SMILES string of the molecule is O=c1c2cnn(Cc3ccccc3Cl)c2ccn1-c1cc(N2C[C@@H](O)C[C@H]2CO)ncc1F. The van der Waals surface area contributed by atoms with Crippen LogP contribution in [0.3, 0.4) is 0 Å². The van der Waals surface area contributed by atoms with Crippen LogP contribution >= 0.6 is 11.6 Å². The first-order valence-electron chi connectivity index (χ1n) is 10.5. The molecule has 1 saturated heterocycles. The highest BCUT2D eigenvalue weighted by Gasteiger charge is 2.31. The van der Waals surface area contributed by atoms with Crippen LogP contribution in [0.1, 0.15) is 12.0 Å². The van der Waals surface area contributed by atoms with Gasteiger partial charge in [0, 0.05) is 23.8 Å². The smallest absolute Gasteiger partial charge is 0.266 e. The fraction of sp³-hybridized carbons (Fsp3) is 0.261. The van der Waals surface area contributed by atoms with Crippen molar-refractivity contribution in [1.82, 2.24) is 19.3 Å². The predicted molar refractivity (Wildman–Crippen MR) is 122 cm³/mol. The van der Waals surface area contributed by atoms with Gasteiger partial charge in [0.05, 0.1) is 54.3 Å². The molecule has 8 nitrogen and oxygen atoms in total. The Hall–Kier alpha value is -3.27. The van der Waals surface area contributed by atoms with Gasteiger partial charge in [-0.2, -0.15) is 5.10 Å². The van der Waals surface area contributed by atoms with Crippen LogP contribution in [-0.2, 0) is 6.54 Å². The second-order valence-electron chi connectivity index (χ2n) is 8.06. The van der Waals surface area contributed by atoms with Gasteiger partial charge < -0.3 is 15.1 Å². The Morgan fingerprint density at radius 2 is 2.03 bits per heavy atom. The van der Waals surface area contributed by atoms with Gasteiger partial charge in [0.1, 0.15) is 5.82 Å². The van der Waals surface area contributed by atoms with E-state index in [1.807, 2.05) is 18.2 Å². The third kappa shape index (κ3) is 3.88. The van der Waals surface area contributed by atoms with Crippen molar-refractivity contribution in [3.05, 3.63) is 81.7 Å². The summed E-state index contributed by atoms with van der Waals surface area (Å²) in [7, 11) is 0. The summed E-state index contributed by atoms with van der Waals surface area (Å²) in [5.41, 5.74) is 1.08. The van der Waals surface area contributed by atoms with Crippen LogP contribution in [0.25, 0.3) is 16.6 Å². The van der Waals surface area contributed by atoms with E-state index in [4.69, 9.17) is 11.6 Å². The number of β-amino-alcohol motifs (C(OH)–C–C–N with tert-alkyl or cyclic N) is 1. The molecule has 2 atom stereocenters. The Morgan fingerprint density at radius 3 is 2.82 bits per heavy atom. The topological polar surface area (TPSA) is 96.4 Å². The predicted octanol–water partition coefficient (Wildman–Crippen LogP) is 2.35. The number of fused-ring (bicyclic) bond motifs is 1.